The zero-order valence-electron chi connectivity index (χ0n) is 9.93. The highest BCUT2D eigenvalue weighted by molar-refractivity contribution is 7.98. The Morgan fingerprint density at radius 2 is 1.89 bits per heavy atom. The Hall–Kier alpha value is -1.33. The summed E-state index contributed by atoms with van der Waals surface area (Å²) < 4.78 is 0. The van der Waals surface area contributed by atoms with Crippen LogP contribution in [-0.4, -0.2) is 15.0 Å². The Labute approximate surface area is 115 Å². The van der Waals surface area contributed by atoms with Crippen molar-refractivity contribution < 1.29 is 0 Å². The van der Waals surface area contributed by atoms with Gasteiger partial charge in [0, 0.05) is 11.3 Å². The van der Waals surface area contributed by atoms with E-state index in [9.17, 15) is 0 Å². The number of halogens is 1. The predicted octanol–water partition coefficient (Wildman–Crippen LogP) is 2.96. The zero-order valence-corrected chi connectivity index (χ0v) is 11.5. The Balaban J connectivity index is 2.11. The quantitative estimate of drug-likeness (QED) is 0.872. The number of aromatic nitrogens is 3. The van der Waals surface area contributed by atoms with Gasteiger partial charge in [-0.15, -0.1) is 11.8 Å². The molecule has 0 aliphatic carbocycles. The summed E-state index contributed by atoms with van der Waals surface area (Å²) in [4.78, 5) is 13.5. The molecule has 6 heteroatoms. The molecule has 18 heavy (non-hydrogen) atoms. The van der Waals surface area contributed by atoms with Crippen LogP contribution in [0.1, 0.15) is 18.6 Å². The van der Waals surface area contributed by atoms with Crippen LogP contribution >= 0.6 is 23.4 Å². The summed E-state index contributed by atoms with van der Waals surface area (Å²) in [5.41, 5.74) is 5.64. The highest BCUT2D eigenvalue weighted by atomic mass is 35.5. The normalized spacial score (nSPS) is 10.6. The van der Waals surface area contributed by atoms with Gasteiger partial charge in [-0.3, -0.25) is 0 Å². The van der Waals surface area contributed by atoms with Crippen LogP contribution in [0.5, 0.6) is 0 Å². The standard InChI is InChI=1S/C12H13ClN4S/c1-2-10-15-11(17-12(14)16-10)7-18-9-6-4-3-5-8(9)13/h3-6H,2,7H2,1H3,(H2,14,15,16,17). The smallest absolute Gasteiger partial charge is 0.223 e. The van der Waals surface area contributed by atoms with Crippen LogP contribution < -0.4 is 5.73 Å². The van der Waals surface area contributed by atoms with Gasteiger partial charge < -0.3 is 5.73 Å². The first-order chi connectivity index (χ1) is 8.69. The third-order valence-electron chi connectivity index (χ3n) is 2.25. The van der Waals surface area contributed by atoms with Crippen molar-refractivity contribution in [1.29, 1.82) is 0 Å². The number of benzene rings is 1. The SMILES string of the molecule is CCc1nc(N)nc(CSc2ccccc2Cl)n1. The van der Waals surface area contributed by atoms with Crippen molar-refractivity contribution in [1.82, 2.24) is 15.0 Å². The Morgan fingerprint density at radius 3 is 2.61 bits per heavy atom. The number of nitrogens with two attached hydrogens (primary N) is 1. The first-order valence-corrected chi connectivity index (χ1v) is 6.92. The van der Waals surface area contributed by atoms with E-state index in [2.05, 4.69) is 15.0 Å². The molecule has 0 spiro atoms. The largest absolute Gasteiger partial charge is 0.368 e. The van der Waals surface area contributed by atoms with Crippen molar-refractivity contribution in [2.45, 2.75) is 24.0 Å². The second-order valence-electron chi connectivity index (χ2n) is 3.60. The molecule has 94 valence electrons. The molecular formula is C12H13ClN4S. The molecule has 0 aliphatic heterocycles. The maximum Gasteiger partial charge on any atom is 0.223 e. The van der Waals surface area contributed by atoms with Gasteiger partial charge in [0.15, 0.2) is 0 Å². The molecule has 0 amide bonds. The van der Waals surface area contributed by atoms with Crippen molar-refractivity contribution in [2.75, 3.05) is 5.73 Å². The third-order valence-corrected chi connectivity index (χ3v) is 3.77. The van der Waals surface area contributed by atoms with E-state index in [4.69, 9.17) is 17.3 Å². The van der Waals surface area contributed by atoms with Crippen LogP contribution in [0.4, 0.5) is 5.95 Å². The molecule has 0 radical (unpaired) electrons. The molecule has 0 fully saturated rings. The second-order valence-corrected chi connectivity index (χ2v) is 5.02. The maximum absolute atomic E-state index is 6.08. The lowest BCUT2D eigenvalue weighted by atomic mass is 10.4. The van der Waals surface area contributed by atoms with Crippen LogP contribution in [0.3, 0.4) is 0 Å². The lowest BCUT2D eigenvalue weighted by molar-refractivity contribution is 0.866. The lowest BCUT2D eigenvalue weighted by Gasteiger charge is -2.04. The minimum atomic E-state index is 0.275. The summed E-state index contributed by atoms with van der Waals surface area (Å²) in [6, 6.07) is 7.69. The summed E-state index contributed by atoms with van der Waals surface area (Å²) in [5, 5.41) is 0.736. The number of nitrogen functional groups attached to an aromatic ring is 1. The van der Waals surface area contributed by atoms with Crippen LogP contribution in [0.25, 0.3) is 0 Å². The molecule has 0 atom stereocenters. The molecular weight excluding hydrogens is 268 g/mol. The lowest BCUT2D eigenvalue weighted by Crippen LogP contribution is -2.05. The van der Waals surface area contributed by atoms with E-state index < -0.39 is 0 Å². The van der Waals surface area contributed by atoms with Gasteiger partial charge in [0.25, 0.3) is 0 Å². The van der Waals surface area contributed by atoms with E-state index in [-0.39, 0.29) is 5.95 Å². The van der Waals surface area contributed by atoms with Crippen molar-refractivity contribution in [3.8, 4) is 0 Å². The van der Waals surface area contributed by atoms with Gasteiger partial charge >= 0.3 is 0 Å². The number of nitrogens with zero attached hydrogens (tertiary/aromatic N) is 3. The minimum Gasteiger partial charge on any atom is -0.368 e. The van der Waals surface area contributed by atoms with Crippen molar-refractivity contribution in [3.05, 3.63) is 40.9 Å². The summed E-state index contributed by atoms with van der Waals surface area (Å²) in [6.45, 7) is 1.99. The Bertz CT molecular complexity index is 547. The predicted molar refractivity (Wildman–Crippen MR) is 74.6 cm³/mol. The molecule has 0 saturated heterocycles. The number of rotatable bonds is 4. The number of hydrogen-bond donors (Lipinski definition) is 1. The monoisotopic (exact) mass is 280 g/mol. The number of hydrogen-bond acceptors (Lipinski definition) is 5. The van der Waals surface area contributed by atoms with E-state index in [1.165, 1.54) is 0 Å². The average Bonchev–Trinajstić information content (AvgIpc) is 2.37. The van der Waals surface area contributed by atoms with Gasteiger partial charge in [0.05, 0.1) is 10.8 Å². The molecule has 0 saturated carbocycles. The highest BCUT2D eigenvalue weighted by Gasteiger charge is 2.05. The highest BCUT2D eigenvalue weighted by Crippen LogP contribution is 2.28. The average molecular weight is 281 g/mol. The first-order valence-electron chi connectivity index (χ1n) is 5.55. The van der Waals surface area contributed by atoms with E-state index in [1.807, 2.05) is 31.2 Å². The van der Waals surface area contributed by atoms with Crippen LogP contribution in [0.15, 0.2) is 29.2 Å². The van der Waals surface area contributed by atoms with Crippen molar-refractivity contribution in [2.24, 2.45) is 0 Å². The summed E-state index contributed by atoms with van der Waals surface area (Å²) >= 11 is 7.67. The molecule has 1 aromatic carbocycles. The van der Waals surface area contributed by atoms with Gasteiger partial charge in [-0.05, 0) is 12.1 Å². The summed E-state index contributed by atoms with van der Waals surface area (Å²) in [6.07, 6.45) is 0.747. The molecule has 0 unspecified atom stereocenters. The maximum atomic E-state index is 6.08. The van der Waals surface area contributed by atoms with Crippen molar-refractivity contribution >= 4 is 29.3 Å². The van der Waals surface area contributed by atoms with Gasteiger partial charge in [0.1, 0.15) is 11.6 Å². The number of thioether (sulfide) groups is 1. The van der Waals surface area contributed by atoms with Crippen LogP contribution in [0, 0.1) is 0 Å². The fraction of sp³-hybridized carbons (Fsp3) is 0.250. The topological polar surface area (TPSA) is 64.7 Å². The Kier molecular flexibility index (Phi) is 4.38. The molecule has 0 aliphatic rings. The second kappa shape index (κ2) is 6.02. The summed E-state index contributed by atoms with van der Waals surface area (Å²) in [5.74, 6) is 2.31. The fourth-order valence-corrected chi connectivity index (χ4v) is 2.51. The van der Waals surface area contributed by atoms with E-state index in [0.717, 1.165) is 22.2 Å². The van der Waals surface area contributed by atoms with Gasteiger partial charge in [-0.25, -0.2) is 4.98 Å². The van der Waals surface area contributed by atoms with E-state index in [1.54, 1.807) is 11.8 Å². The molecule has 4 nitrogen and oxygen atoms in total. The van der Waals surface area contributed by atoms with Gasteiger partial charge in [-0.2, -0.15) is 9.97 Å². The number of aryl methyl sites for hydroxylation is 1. The molecule has 2 rings (SSSR count). The zero-order chi connectivity index (χ0) is 13.0. The van der Waals surface area contributed by atoms with Gasteiger partial charge in [0.2, 0.25) is 5.95 Å². The minimum absolute atomic E-state index is 0.275. The molecule has 1 heterocycles. The Morgan fingerprint density at radius 1 is 1.17 bits per heavy atom. The molecule has 2 aromatic rings. The number of anilines is 1. The third kappa shape index (κ3) is 3.34. The van der Waals surface area contributed by atoms with Crippen LogP contribution in [-0.2, 0) is 12.2 Å². The molecule has 2 N–H and O–H groups in total. The molecule has 1 aromatic heterocycles. The van der Waals surface area contributed by atoms with Crippen LogP contribution in [0.2, 0.25) is 5.02 Å². The van der Waals surface area contributed by atoms with Crippen molar-refractivity contribution in [3.63, 3.8) is 0 Å². The van der Waals surface area contributed by atoms with Gasteiger partial charge in [-0.1, -0.05) is 30.7 Å². The fourth-order valence-electron chi connectivity index (χ4n) is 1.42. The van der Waals surface area contributed by atoms with E-state index in [0.29, 0.717) is 11.6 Å². The van der Waals surface area contributed by atoms with E-state index >= 15 is 0 Å². The summed E-state index contributed by atoms with van der Waals surface area (Å²) in [7, 11) is 0. The molecule has 0 bridgehead atoms. The first kappa shape index (κ1) is 13.1.